The maximum atomic E-state index is 5.33. The number of terminal acetylenes is 1. The zero-order chi connectivity index (χ0) is 10.1. The average Bonchev–Trinajstić information content (AvgIpc) is 2.22. The Kier molecular flexibility index (Phi) is 8.95. The van der Waals surface area contributed by atoms with Crippen LogP contribution in [0, 0.1) is 18.3 Å². The molecule has 1 fully saturated rings. The molecule has 3 heteroatoms. The fourth-order valence-corrected chi connectivity index (χ4v) is 3.84. The predicted octanol–water partition coefficient (Wildman–Crippen LogP) is 3.06. The normalized spacial score (nSPS) is 26.9. The maximum Gasteiger partial charge on any atom is 0.0715 e. The van der Waals surface area contributed by atoms with Crippen LogP contribution in [0.25, 0.3) is 0 Å². The minimum atomic E-state index is 0.372. The zero-order valence-corrected chi connectivity index (χ0v) is 10.2. The van der Waals surface area contributed by atoms with Gasteiger partial charge in [-0.1, -0.05) is 35.4 Å². The number of ether oxygens (including phenoxy) is 1. The first-order valence-corrected chi connectivity index (χ1v) is 7.08. The summed E-state index contributed by atoms with van der Waals surface area (Å²) in [5.74, 6) is 5.47. The third kappa shape index (κ3) is 4.85. The van der Waals surface area contributed by atoms with E-state index in [4.69, 9.17) is 11.2 Å². The standard InChI is InChI=1S/C8H12OS2.C2H6/c1-3-4-7-5-10-11-6-8(7)9-2;1-2/h1,7-8H,4-6H2,2H3;1-2H3. The minimum absolute atomic E-state index is 0.372. The van der Waals surface area contributed by atoms with Crippen LogP contribution in [0.4, 0.5) is 0 Å². The fraction of sp³-hybridized carbons (Fsp3) is 0.800. The first kappa shape index (κ1) is 13.2. The van der Waals surface area contributed by atoms with Gasteiger partial charge in [-0.2, -0.15) is 0 Å². The quantitative estimate of drug-likeness (QED) is 0.521. The van der Waals surface area contributed by atoms with Crippen molar-refractivity contribution >= 4 is 21.6 Å². The molecule has 1 heterocycles. The number of rotatable bonds is 2. The molecule has 1 rings (SSSR count). The van der Waals surface area contributed by atoms with E-state index in [2.05, 4.69) is 5.92 Å². The van der Waals surface area contributed by atoms with Gasteiger partial charge in [0.05, 0.1) is 6.10 Å². The van der Waals surface area contributed by atoms with E-state index in [0.29, 0.717) is 12.0 Å². The van der Waals surface area contributed by atoms with Gasteiger partial charge in [0.1, 0.15) is 0 Å². The average molecular weight is 218 g/mol. The summed E-state index contributed by atoms with van der Waals surface area (Å²) in [6, 6.07) is 0. The molecule has 0 saturated carbocycles. The lowest BCUT2D eigenvalue weighted by Gasteiger charge is -2.27. The summed E-state index contributed by atoms with van der Waals surface area (Å²) in [5, 5.41) is 0. The van der Waals surface area contributed by atoms with E-state index in [0.717, 1.165) is 17.9 Å². The van der Waals surface area contributed by atoms with E-state index in [1.807, 2.05) is 35.4 Å². The maximum absolute atomic E-state index is 5.33. The van der Waals surface area contributed by atoms with Gasteiger partial charge >= 0.3 is 0 Å². The summed E-state index contributed by atoms with van der Waals surface area (Å²) < 4.78 is 5.33. The van der Waals surface area contributed by atoms with Crippen LogP contribution in [-0.2, 0) is 4.74 Å². The van der Waals surface area contributed by atoms with Crippen molar-refractivity contribution in [2.24, 2.45) is 5.92 Å². The molecule has 1 nitrogen and oxygen atoms in total. The molecule has 0 aromatic heterocycles. The molecule has 76 valence electrons. The summed E-state index contributed by atoms with van der Waals surface area (Å²) in [4.78, 5) is 0. The van der Waals surface area contributed by atoms with Crippen molar-refractivity contribution in [2.45, 2.75) is 26.4 Å². The van der Waals surface area contributed by atoms with Gasteiger partial charge in [-0.05, 0) is 0 Å². The van der Waals surface area contributed by atoms with Crippen LogP contribution in [-0.4, -0.2) is 24.7 Å². The lowest BCUT2D eigenvalue weighted by atomic mass is 10.0. The molecule has 1 aliphatic rings. The first-order valence-electron chi connectivity index (χ1n) is 4.59. The van der Waals surface area contributed by atoms with Crippen molar-refractivity contribution in [2.75, 3.05) is 18.6 Å². The Morgan fingerprint density at radius 2 is 2.00 bits per heavy atom. The second-order valence-corrected chi connectivity index (χ2v) is 5.06. The molecule has 0 bridgehead atoms. The summed E-state index contributed by atoms with van der Waals surface area (Å²) in [6.45, 7) is 4.00. The van der Waals surface area contributed by atoms with Gasteiger partial charge in [0.2, 0.25) is 0 Å². The molecule has 2 atom stereocenters. The highest BCUT2D eigenvalue weighted by molar-refractivity contribution is 8.76. The van der Waals surface area contributed by atoms with Gasteiger partial charge in [-0.3, -0.25) is 0 Å². The van der Waals surface area contributed by atoms with Crippen molar-refractivity contribution in [1.82, 2.24) is 0 Å². The number of methoxy groups -OCH3 is 1. The molecule has 0 aromatic rings. The van der Waals surface area contributed by atoms with Gasteiger partial charge in [0.15, 0.2) is 0 Å². The Balaban J connectivity index is 0.000000671. The van der Waals surface area contributed by atoms with Gasteiger partial charge in [-0.25, -0.2) is 0 Å². The minimum Gasteiger partial charge on any atom is -0.380 e. The number of hydrogen-bond donors (Lipinski definition) is 0. The Labute approximate surface area is 89.8 Å². The summed E-state index contributed by atoms with van der Waals surface area (Å²) in [5.41, 5.74) is 0. The molecule has 0 aromatic carbocycles. The second kappa shape index (κ2) is 8.80. The van der Waals surface area contributed by atoms with Gasteiger partial charge in [0, 0.05) is 31.0 Å². The molecule has 0 spiro atoms. The molecule has 0 N–H and O–H groups in total. The SMILES string of the molecule is C#CCC1CSSCC1OC.CC. The van der Waals surface area contributed by atoms with Crippen LogP contribution in [0.3, 0.4) is 0 Å². The van der Waals surface area contributed by atoms with Crippen LogP contribution in [0.15, 0.2) is 0 Å². The zero-order valence-electron chi connectivity index (χ0n) is 8.58. The van der Waals surface area contributed by atoms with Gasteiger partial charge < -0.3 is 4.74 Å². The van der Waals surface area contributed by atoms with E-state index in [9.17, 15) is 0 Å². The first-order chi connectivity index (χ1) is 6.38. The molecule has 0 aliphatic carbocycles. The fourth-order valence-electron chi connectivity index (χ4n) is 1.10. The van der Waals surface area contributed by atoms with E-state index in [1.54, 1.807) is 7.11 Å². The van der Waals surface area contributed by atoms with E-state index in [-0.39, 0.29) is 0 Å². The van der Waals surface area contributed by atoms with E-state index >= 15 is 0 Å². The Morgan fingerprint density at radius 1 is 1.38 bits per heavy atom. The van der Waals surface area contributed by atoms with Gasteiger partial charge in [-0.15, -0.1) is 12.3 Å². The largest absolute Gasteiger partial charge is 0.380 e. The summed E-state index contributed by atoms with van der Waals surface area (Å²) in [6.07, 6.45) is 6.48. The summed E-state index contributed by atoms with van der Waals surface area (Å²) >= 11 is 0. The van der Waals surface area contributed by atoms with Crippen LogP contribution in [0.5, 0.6) is 0 Å². The van der Waals surface area contributed by atoms with Crippen molar-refractivity contribution in [3.63, 3.8) is 0 Å². The third-order valence-corrected chi connectivity index (χ3v) is 4.32. The van der Waals surface area contributed by atoms with E-state index < -0.39 is 0 Å². The summed E-state index contributed by atoms with van der Waals surface area (Å²) in [7, 11) is 5.55. The molecule has 13 heavy (non-hydrogen) atoms. The van der Waals surface area contributed by atoms with Crippen molar-refractivity contribution in [3.05, 3.63) is 0 Å². The highest BCUT2D eigenvalue weighted by atomic mass is 33.1. The van der Waals surface area contributed by atoms with Crippen LogP contribution < -0.4 is 0 Å². The van der Waals surface area contributed by atoms with Crippen LogP contribution in [0.2, 0.25) is 0 Å². The lowest BCUT2D eigenvalue weighted by molar-refractivity contribution is 0.0806. The molecular formula is C10H18OS2. The predicted molar refractivity (Wildman–Crippen MR) is 64.0 cm³/mol. The van der Waals surface area contributed by atoms with Crippen molar-refractivity contribution in [3.8, 4) is 12.3 Å². The Bertz CT molecular complexity index is 153. The van der Waals surface area contributed by atoms with E-state index in [1.165, 1.54) is 0 Å². The van der Waals surface area contributed by atoms with Crippen molar-refractivity contribution in [1.29, 1.82) is 0 Å². The third-order valence-electron chi connectivity index (χ3n) is 1.81. The Hall–Kier alpha value is 0.220. The highest BCUT2D eigenvalue weighted by Crippen LogP contribution is 2.35. The highest BCUT2D eigenvalue weighted by Gasteiger charge is 2.24. The molecule has 1 aliphatic heterocycles. The van der Waals surface area contributed by atoms with Gasteiger partial charge in [0.25, 0.3) is 0 Å². The lowest BCUT2D eigenvalue weighted by Crippen LogP contribution is -2.29. The molecular weight excluding hydrogens is 200 g/mol. The van der Waals surface area contributed by atoms with Crippen LogP contribution >= 0.6 is 21.6 Å². The molecule has 1 saturated heterocycles. The monoisotopic (exact) mass is 218 g/mol. The molecule has 0 amide bonds. The Morgan fingerprint density at radius 3 is 2.54 bits per heavy atom. The molecule has 2 unspecified atom stereocenters. The second-order valence-electron chi connectivity index (χ2n) is 2.51. The molecule has 0 radical (unpaired) electrons. The smallest absolute Gasteiger partial charge is 0.0715 e. The van der Waals surface area contributed by atoms with Crippen LogP contribution in [0.1, 0.15) is 20.3 Å². The van der Waals surface area contributed by atoms with Crippen molar-refractivity contribution < 1.29 is 4.74 Å². The number of hydrogen-bond acceptors (Lipinski definition) is 3. The topological polar surface area (TPSA) is 9.23 Å².